The number of alkyl halides is 3. The standard InChI is InChI=1S/C5H9F.2C5H10.C4H8.C4H10.C3H6F2.CH4/c1-4-3-5(4,2)6;1-4-3-5(4)2;1-5-3-2-4-5;1-4-2-3-4;1-4(2)3;1-2-3(4)5;/h4H,3H2,1-2H3;4-5H,3H2,1-2H3;5H,2-4H2,1H3;4H,2-3H2,1H3;4H,1-3H3;3H,2H2,1H3;1H4. The van der Waals surface area contributed by atoms with Gasteiger partial charge in [-0.25, -0.2) is 13.2 Å². The Bertz CT molecular complexity index is 339. The van der Waals surface area contributed by atoms with Crippen molar-refractivity contribution in [3.05, 3.63) is 0 Å². The van der Waals surface area contributed by atoms with Gasteiger partial charge in [0.15, 0.2) is 0 Å². The van der Waals surface area contributed by atoms with E-state index in [-0.39, 0.29) is 13.8 Å². The molecule has 186 valence electrons. The molecule has 4 aliphatic carbocycles. The second kappa shape index (κ2) is 18.4. The average molecular weight is 439 g/mol. The van der Waals surface area contributed by atoms with E-state index >= 15 is 0 Å². The summed E-state index contributed by atoms with van der Waals surface area (Å²) >= 11 is 0. The lowest BCUT2D eigenvalue weighted by Gasteiger charge is -2.18. The third-order valence-electron chi connectivity index (χ3n) is 5.65. The molecule has 4 unspecified atom stereocenters. The Morgan fingerprint density at radius 1 is 0.833 bits per heavy atom. The molecule has 0 radical (unpaired) electrons. The zero-order valence-corrected chi connectivity index (χ0v) is 21.3. The van der Waals surface area contributed by atoms with Crippen LogP contribution in [-0.4, -0.2) is 12.1 Å². The molecule has 4 aliphatic rings. The summed E-state index contributed by atoms with van der Waals surface area (Å²) in [6.45, 7) is 20.7. The molecule has 0 amide bonds. The summed E-state index contributed by atoms with van der Waals surface area (Å²) in [4.78, 5) is 0. The minimum absolute atomic E-state index is 0. The highest BCUT2D eigenvalue weighted by molar-refractivity contribution is 4.96. The van der Waals surface area contributed by atoms with E-state index in [2.05, 4.69) is 48.5 Å². The Hall–Kier alpha value is -0.210. The van der Waals surface area contributed by atoms with Crippen LogP contribution in [0.5, 0.6) is 0 Å². The predicted molar refractivity (Wildman–Crippen MR) is 131 cm³/mol. The molecule has 0 aromatic carbocycles. The summed E-state index contributed by atoms with van der Waals surface area (Å²) in [5.74, 6) is 5.41. The topological polar surface area (TPSA) is 0 Å². The van der Waals surface area contributed by atoms with Crippen molar-refractivity contribution < 1.29 is 13.2 Å². The first-order valence-electron chi connectivity index (χ1n) is 12.2. The van der Waals surface area contributed by atoms with Crippen LogP contribution in [0.2, 0.25) is 0 Å². The quantitative estimate of drug-likeness (QED) is 0.382. The monoisotopic (exact) mass is 438 g/mol. The Labute approximate surface area is 189 Å². The van der Waals surface area contributed by atoms with Gasteiger partial charge in [-0.05, 0) is 55.3 Å². The fraction of sp³-hybridized carbons (Fsp3) is 1.00. The summed E-state index contributed by atoms with van der Waals surface area (Å²) < 4.78 is 33.7. The largest absolute Gasteiger partial charge is 0.244 e. The van der Waals surface area contributed by atoms with Crippen molar-refractivity contribution in [3.8, 4) is 0 Å². The molecule has 0 spiro atoms. The van der Waals surface area contributed by atoms with Gasteiger partial charge in [-0.1, -0.05) is 102 Å². The van der Waals surface area contributed by atoms with Gasteiger partial charge in [-0.15, -0.1) is 0 Å². The van der Waals surface area contributed by atoms with Gasteiger partial charge in [0.1, 0.15) is 5.67 Å². The van der Waals surface area contributed by atoms with E-state index in [1.807, 2.05) is 6.92 Å². The van der Waals surface area contributed by atoms with Crippen LogP contribution in [0.15, 0.2) is 0 Å². The highest BCUT2D eigenvalue weighted by Crippen LogP contribution is 2.45. The van der Waals surface area contributed by atoms with Gasteiger partial charge in [0.05, 0.1) is 0 Å². The smallest absolute Gasteiger partial charge is 0.238 e. The van der Waals surface area contributed by atoms with Crippen molar-refractivity contribution >= 4 is 0 Å². The first kappa shape index (κ1) is 34.4. The van der Waals surface area contributed by atoms with Crippen LogP contribution in [0.1, 0.15) is 128 Å². The van der Waals surface area contributed by atoms with E-state index in [1.165, 1.54) is 45.4 Å². The highest BCUT2D eigenvalue weighted by atomic mass is 19.3. The summed E-state index contributed by atoms with van der Waals surface area (Å²) in [7, 11) is 0. The molecular weight excluding hydrogens is 381 g/mol. The van der Waals surface area contributed by atoms with Crippen molar-refractivity contribution in [2.75, 3.05) is 0 Å². The first-order chi connectivity index (χ1) is 13.2. The molecule has 4 atom stereocenters. The van der Waals surface area contributed by atoms with Gasteiger partial charge >= 0.3 is 0 Å². The molecule has 0 aromatic rings. The lowest BCUT2D eigenvalue weighted by Crippen LogP contribution is -2.04. The van der Waals surface area contributed by atoms with Crippen LogP contribution in [0, 0.1) is 35.5 Å². The Balaban J connectivity index is -0.000000291. The van der Waals surface area contributed by atoms with E-state index in [1.54, 1.807) is 6.92 Å². The lowest BCUT2D eigenvalue weighted by atomic mass is 9.88. The van der Waals surface area contributed by atoms with Crippen LogP contribution in [0.3, 0.4) is 0 Å². The van der Waals surface area contributed by atoms with E-state index in [4.69, 9.17) is 0 Å². The highest BCUT2D eigenvalue weighted by Gasteiger charge is 2.47. The average Bonchev–Trinajstić information content (AvgIpc) is 3.51. The van der Waals surface area contributed by atoms with Crippen LogP contribution in [0.25, 0.3) is 0 Å². The molecule has 4 fully saturated rings. The Kier molecular flexibility index (Phi) is 21.1. The lowest BCUT2D eigenvalue weighted by molar-refractivity contribution is 0.144. The van der Waals surface area contributed by atoms with Gasteiger partial charge in [-0.3, -0.25) is 0 Å². The van der Waals surface area contributed by atoms with E-state index < -0.39 is 12.1 Å². The molecule has 0 nitrogen and oxygen atoms in total. The van der Waals surface area contributed by atoms with Gasteiger partial charge in [0.25, 0.3) is 0 Å². The number of rotatable bonds is 1. The van der Waals surface area contributed by atoms with Crippen molar-refractivity contribution in [1.29, 1.82) is 0 Å². The zero-order chi connectivity index (χ0) is 23.2. The molecule has 0 bridgehead atoms. The maximum atomic E-state index is 12.2. The van der Waals surface area contributed by atoms with Crippen molar-refractivity contribution in [2.45, 2.75) is 140 Å². The van der Waals surface area contributed by atoms with Crippen LogP contribution < -0.4 is 0 Å². The number of hydrogen-bond donors (Lipinski definition) is 0. The van der Waals surface area contributed by atoms with E-state index in [9.17, 15) is 13.2 Å². The van der Waals surface area contributed by atoms with Gasteiger partial charge < -0.3 is 0 Å². The SMILES string of the molecule is C.CC(C)C.CC1CC1.CC1CC1(C)F.CC1CC1C.CC1CCC1.CCC(F)F. The molecule has 0 N–H and O–H groups in total. The van der Waals surface area contributed by atoms with Crippen LogP contribution >= 0.6 is 0 Å². The summed E-state index contributed by atoms with van der Waals surface area (Å²) in [5, 5.41) is 0. The molecule has 4 saturated carbocycles. The van der Waals surface area contributed by atoms with E-state index in [0.29, 0.717) is 5.92 Å². The van der Waals surface area contributed by atoms with Gasteiger partial charge in [0.2, 0.25) is 6.43 Å². The molecule has 3 heteroatoms. The van der Waals surface area contributed by atoms with Crippen LogP contribution in [0.4, 0.5) is 13.2 Å². The maximum Gasteiger partial charge on any atom is 0.238 e. The summed E-state index contributed by atoms with van der Waals surface area (Å²) in [6.07, 6.45) is 7.53. The minimum Gasteiger partial charge on any atom is -0.244 e. The molecular formula is C27H57F3. The zero-order valence-electron chi connectivity index (χ0n) is 21.3. The van der Waals surface area contributed by atoms with Crippen LogP contribution in [-0.2, 0) is 0 Å². The number of halogens is 3. The third-order valence-corrected chi connectivity index (χ3v) is 5.65. The molecule has 0 saturated heterocycles. The third kappa shape index (κ3) is 30.0. The summed E-state index contributed by atoms with van der Waals surface area (Å²) in [6, 6.07) is 0. The molecule has 0 aromatic heterocycles. The van der Waals surface area contributed by atoms with Crippen molar-refractivity contribution in [2.24, 2.45) is 35.5 Å². The normalized spacial score (nSPS) is 29.9. The minimum atomic E-state index is -2.12. The molecule has 4 rings (SSSR count). The maximum absolute atomic E-state index is 12.2. The fourth-order valence-electron chi connectivity index (χ4n) is 1.83. The van der Waals surface area contributed by atoms with Gasteiger partial charge in [-0.2, -0.15) is 0 Å². The Morgan fingerprint density at radius 3 is 1.03 bits per heavy atom. The summed E-state index contributed by atoms with van der Waals surface area (Å²) in [5.41, 5.74) is -0.792. The van der Waals surface area contributed by atoms with Crippen molar-refractivity contribution in [1.82, 2.24) is 0 Å². The second-order valence-electron chi connectivity index (χ2n) is 10.8. The van der Waals surface area contributed by atoms with E-state index in [0.717, 1.165) is 36.0 Å². The fourth-order valence-corrected chi connectivity index (χ4v) is 1.83. The molecule has 0 aliphatic heterocycles. The number of hydrogen-bond acceptors (Lipinski definition) is 0. The second-order valence-corrected chi connectivity index (χ2v) is 10.8. The molecule has 0 heterocycles. The predicted octanol–water partition coefficient (Wildman–Crippen LogP) is 10.6. The molecule has 30 heavy (non-hydrogen) atoms. The first-order valence-corrected chi connectivity index (χ1v) is 12.2. The van der Waals surface area contributed by atoms with Gasteiger partial charge in [0, 0.05) is 6.42 Å². The Morgan fingerprint density at radius 2 is 1.03 bits per heavy atom. The van der Waals surface area contributed by atoms with Crippen molar-refractivity contribution in [3.63, 3.8) is 0 Å².